The van der Waals surface area contributed by atoms with Crippen molar-refractivity contribution in [2.24, 2.45) is 0 Å². The van der Waals surface area contributed by atoms with Gasteiger partial charge >= 0.3 is 5.97 Å². The third kappa shape index (κ3) is 2.22. The van der Waals surface area contributed by atoms with Crippen LogP contribution in [0.4, 0.5) is 0 Å². The quantitative estimate of drug-likeness (QED) is 0.835. The molecule has 1 amide bonds. The first-order valence-electron chi connectivity index (χ1n) is 5.81. The van der Waals surface area contributed by atoms with Gasteiger partial charge in [-0.15, -0.1) is 10.2 Å². The highest BCUT2D eigenvalue weighted by molar-refractivity contribution is 5.92. The Morgan fingerprint density at radius 3 is 2.40 bits per heavy atom. The number of carbonyl (C=O) groups excluding carboxylic acids is 1. The van der Waals surface area contributed by atoms with Crippen molar-refractivity contribution in [2.75, 3.05) is 7.05 Å². The smallest absolute Gasteiger partial charge is 0.339 e. The molecule has 2 rings (SSSR count). The van der Waals surface area contributed by atoms with Crippen LogP contribution in [0, 0.1) is 13.8 Å². The van der Waals surface area contributed by atoms with Crippen LogP contribution in [0.1, 0.15) is 32.2 Å². The number of rotatable bonds is 3. The van der Waals surface area contributed by atoms with Crippen LogP contribution in [0.5, 0.6) is 0 Å². The van der Waals surface area contributed by atoms with E-state index in [0.717, 1.165) is 0 Å². The first-order chi connectivity index (χ1) is 9.45. The van der Waals surface area contributed by atoms with E-state index in [1.165, 1.54) is 17.8 Å². The topological polar surface area (TPSA) is 110 Å². The fraction of sp³-hybridized carbons (Fsp3) is 0.250. The number of carboxylic acids is 1. The van der Waals surface area contributed by atoms with Gasteiger partial charge in [-0.05, 0) is 26.0 Å². The number of carbonyl (C=O) groups is 2. The Hall–Kier alpha value is -2.77. The predicted molar refractivity (Wildman–Crippen MR) is 69.0 cm³/mol. The molecular weight excluding hydrogens is 262 g/mol. The molecule has 0 aliphatic heterocycles. The highest BCUT2D eigenvalue weighted by Gasteiger charge is 2.19. The zero-order valence-corrected chi connectivity index (χ0v) is 11.2. The molecule has 104 valence electrons. The maximum absolute atomic E-state index is 11.4. The summed E-state index contributed by atoms with van der Waals surface area (Å²) in [4.78, 5) is 22.5. The minimum Gasteiger partial charge on any atom is -0.478 e. The molecule has 0 spiro atoms. The van der Waals surface area contributed by atoms with Crippen LogP contribution < -0.4 is 5.32 Å². The standard InChI is InChI=1S/C12H13N5O3/c1-6-10(12(19)20)7(2)17(16-6)9-5-4-8(14-15-9)11(18)13-3/h4-5H,1-3H3,(H,13,18)(H,19,20). The number of aryl methyl sites for hydroxylation is 1. The largest absolute Gasteiger partial charge is 0.478 e. The average Bonchev–Trinajstić information content (AvgIpc) is 2.73. The predicted octanol–water partition coefficient (Wildman–Crippen LogP) is 0.337. The average molecular weight is 275 g/mol. The molecule has 0 fully saturated rings. The fourth-order valence-corrected chi connectivity index (χ4v) is 1.86. The van der Waals surface area contributed by atoms with Crippen molar-refractivity contribution in [2.45, 2.75) is 13.8 Å². The summed E-state index contributed by atoms with van der Waals surface area (Å²) in [5, 5.41) is 23.4. The minimum atomic E-state index is -1.04. The molecule has 0 radical (unpaired) electrons. The van der Waals surface area contributed by atoms with Crippen LogP contribution in [0.2, 0.25) is 0 Å². The summed E-state index contributed by atoms with van der Waals surface area (Å²) in [6, 6.07) is 3.06. The molecule has 2 heterocycles. The number of hydrogen-bond acceptors (Lipinski definition) is 5. The molecule has 2 aromatic rings. The summed E-state index contributed by atoms with van der Waals surface area (Å²) in [7, 11) is 1.50. The molecular formula is C12H13N5O3. The summed E-state index contributed by atoms with van der Waals surface area (Å²) in [5.74, 6) is -1.03. The molecule has 2 N–H and O–H groups in total. The Kier molecular flexibility index (Phi) is 3.47. The van der Waals surface area contributed by atoms with Crippen LogP contribution in [0.25, 0.3) is 5.82 Å². The number of carboxylic acid groups (broad SMARTS) is 1. The van der Waals surface area contributed by atoms with E-state index in [9.17, 15) is 9.59 Å². The van der Waals surface area contributed by atoms with Gasteiger partial charge in [0, 0.05) is 7.05 Å². The molecule has 0 saturated heterocycles. The van der Waals surface area contributed by atoms with Crippen molar-refractivity contribution >= 4 is 11.9 Å². The van der Waals surface area contributed by atoms with Gasteiger partial charge < -0.3 is 10.4 Å². The molecule has 8 nitrogen and oxygen atoms in total. The van der Waals surface area contributed by atoms with Crippen molar-refractivity contribution in [3.05, 3.63) is 34.8 Å². The van der Waals surface area contributed by atoms with Crippen molar-refractivity contribution < 1.29 is 14.7 Å². The van der Waals surface area contributed by atoms with Crippen LogP contribution in [-0.2, 0) is 0 Å². The highest BCUT2D eigenvalue weighted by Crippen LogP contribution is 2.16. The lowest BCUT2D eigenvalue weighted by Crippen LogP contribution is -2.20. The summed E-state index contributed by atoms with van der Waals surface area (Å²) in [6.45, 7) is 3.25. The van der Waals surface area contributed by atoms with Gasteiger partial charge in [-0.3, -0.25) is 4.79 Å². The lowest BCUT2D eigenvalue weighted by Gasteiger charge is -2.03. The van der Waals surface area contributed by atoms with Crippen LogP contribution >= 0.6 is 0 Å². The Balaban J connectivity index is 2.45. The van der Waals surface area contributed by atoms with Gasteiger partial charge in [0.05, 0.1) is 11.4 Å². The van der Waals surface area contributed by atoms with Gasteiger partial charge in [-0.1, -0.05) is 0 Å². The number of nitrogens with zero attached hydrogens (tertiary/aromatic N) is 4. The molecule has 20 heavy (non-hydrogen) atoms. The van der Waals surface area contributed by atoms with E-state index < -0.39 is 5.97 Å². The first-order valence-corrected chi connectivity index (χ1v) is 5.81. The second-order valence-electron chi connectivity index (χ2n) is 4.12. The van der Waals surface area contributed by atoms with E-state index in [-0.39, 0.29) is 17.2 Å². The zero-order valence-electron chi connectivity index (χ0n) is 11.2. The summed E-state index contributed by atoms with van der Waals surface area (Å²) in [5.41, 5.74) is 1.17. The third-order valence-corrected chi connectivity index (χ3v) is 2.83. The zero-order chi connectivity index (χ0) is 14.9. The number of aromatic nitrogens is 4. The van der Waals surface area contributed by atoms with E-state index in [1.807, 2.05) is 0 Å². The van der Waals surface area contributed by atoms with E-state index in [2.05, 4.69) is 20.6 Å². The lowest BCUT2D eigenvalue weighted by molar-refractivity contribution is 0.0695. The lowest BCUT2D eigenvalue weighted by atomic mass is 10.2. The monoisotopic (exact) mass is 275 g/mol. The SMILES string of the molecule is CNC(=O)c1ccc(-n2nc(C)c(C(=O)O)c2C)nn1. The molecule has 8 heteroatoms. The van der Waals surface area contributed by atoms with Gasteiger partial charge in [-0.25, -0.2) is 9.48 Å². The molecule has 0 saturated carbocycles. The molecule has 2 aromatic heterocycles. The molecule has 0 aliphatic rings. The van der Waals surface area contributed by atoms with Crippen molar-refractivity contribution in [3.8, 4) is 5.82 Å². The van der Waals surface area contributed by atoms with E-state index in [1.54, 1.807) is 19.9 Å². The van der Waals surface area contributed by atoms with E-state index >= 15 is 0 Å². The van der Waals surface area contributed by atoms with Gasteiger partial charge in [0.15, 0.2) is 11.5 Å². The maximum Gasteiger partial charge on any atom is 0.339 e. The van der Waals surface area contributed by atoms with Crippen LogP contribution in [0.15, 0.2) is 12.1 Å². The summed E-state index contributed by atoms with van der Waals surface area (Å²) in [6.07, 6.45) is 0. The van der Waals surface area contributed by atoms with Gasteiger partial charge in [0.1, 0.15) is 5.56 Å². The number of aromatic carboxylic acids is 1. The van der Waals surface area contributed by atoms with E-state index in [0.29, 0.717) is 17.2 Å². The second-order valence-corrected chi connectivity index (χ2v) is 4.12. The maximum atomic E-state index is 11.4. The number of hydrogen-bond donors (Lipinski definition) is 2. The molecule has 0 aromatic carbocycles. The summed E-state index contributed by atoms with van der Waals surface area (Å²) < 4.78 is 1.39. The summed E-state index contributed by atoms with van der Waals surface area (Å²) >= 11 is 0. The second kappa shape index (κ2) is 5.08. The van der Waals surface area contributed by atoms with Crippen molar-refractivity contribution in [1.82, 2.24) is 25.3 Å². The number of amides is 1. The third-order valence-electron chi connectivity index (χ3n) is 2.83. The first kappa shape index (κ1) is 13.7. The molecule has 0 aliphatic carbocycles. The molecule has 0 unspecified atom stereocenters. The normalized spacial score (nSPS) is 10.3. The van der Waals surface area contributed by atoms with Crippen molar-refractivity contribution in [1.29, 1.82) is 0 Å². The van der Waals surface area contributed by atoms with Crippen molar-refractivity contribution in [3.63, 3.8) is 0 Å². The Bertz CT molecular complexity index is 675. The van der Waals surface area contributed by atoms with Crippen LogP contribution in [-0.4, -0.2) is 44.0 Å². The molecule has 0 atom stereocenters. The Morgan fingerprint density at radius 2 is 1.95 bits per heavy atom. The van der Waals surface area contributed by atoms with Gasteiger partial charge in [0.25, 0.3) is 5.91 Å². The fourth-order valence-electron chi connectivity index (χ4n) is 1.86. The highest BCUT2D eigenvalue weighted by atomic mass is 16.4. The Morgan fingerprint density at radius 1 is 1.25 bits per heavy atom. The van der Waals surface area contributed by atoms with Gasteiger partial charge in [0.2, 0.25) is 0 Å². The number of nitrogens with one attached hydrogen (secondary N) is 1. The molecule has 0 bridgehead atoms. The van der Waals surface area contributed by atoms with E-state index in [4.69, 9.17) is 5.11 Å². The van der Waals surface area contributed by atoms with Gasteiger partial charge in [-0.2, -0.15) is 5.10 Å². The minimum absolute atomic E-state index is 0.141. The van der Waals surface area contributed by atoms with Crippen LogP contribution in [0.3, 0.4) is 0 Å². The Labute approximate surface area is 114 Å².